The summed E-state index contributed by atoms with van der Waals surface area (Å²) in [6.07, 6.45) is 4.49. The third-order valence-electron chi connectivity index (χ3n) is 2.36. The Balaban J connectivity index is 2.79. The second kappa shape index (κ2) is 5.38. The molecular weight excluding hydrogens is 192 g/mol. The first-order chi connectivity index (χ1) is 7.19. The van der Waals surface area contributed by atoms with Crippen molar-refractivity contribution in [3.8, 4) is 0 Å². The molecule has 1 rings (SSSR count). The third kappa shape index (κ3) is 2.97. The summed E-state index contributed by atoms with van der Waals surface area (Å²) in [7, 11) is 0. The maximum absolute atomic E-state index is 11.2. The van der Waals surface area contributed by atoms with Crippen LogP contribution in [-0.4, -0.2) is 16.0 Å². The van der Waals surface area contributed by atoms with Crippen molar-refractivity contribution in [2.45, 2.75) is 39.2 Å². The molecule has 0 aliphatic heterocycles. The zero-order chi connectivity index (χ0) is 11.3. The Morgan fingerprint density at radius 2 is 2.33 bits per heavy atom. The highest BCUT2D eigenvalue weighted by Crippen LogP contribution is 2.13. The van der Waals surface area contributed by atoms with E-state index in [-0.39, 0.29) is 11.2 Å². The van der Waals surface area contributed by atoms with E-state index in [0.29, 0.717) is 11.9 Å². The smallest absolute Gasteiger partial charge is 0.276 e. The molecule has 0 spiro atoms. The van der Waals surface area contributed by atoms with Crippen LogP contribution >= 0.6 is 0 Å². The number of nitrogens with zero attached hydrogens (tertiary/aromatic N) is 1. The van der Waals surface area contributed by atoms with Crippen molar-refractivity contribution in [2.24, 2.45) is 0 Å². The molecule has 0 aromatic carbocycles. The third-order valence-corrected chi connectivity index (χ3v) is 2.36. The molecule has 0 aliphatic rings. The van der Waals surface area contributed by atoms with E-state index < -0.39 is 0 Å². The average molecular weight is 210 g/mol. The molecule has 0 radical (unpaired) electrons. The molecule has 15 heavy (non-hydrogen) atoms. The van der Waals surface area contributed by atoms with Gasteiger partial charge in [0.05, 0.1) is 6.33 Å². The van der Waals surface area contributed by atoms with E-state index in [4.69, 9.17) is 5.73 Å². The summed E-state index contributed by atoms with van der Waals surface area (Å²) in [5.74, 6) is 0.485. The lowest BCUT2D eigenvalue weighted by atomic mass is 10.1. The fourth-order valence-electron chi connectivity index (χ4n) is 1.45. The molecule has 0 saturated carbocycles. The first kappa shape index (κ1) is 11.6. The highest BCUT2D eigenvalue weighted by molar-refractivity contribution is 5.59. The summed E-state index contributed by atoms with van der Waals surface area (Å²) in [4.78, 5) is 17.7. The van der Waals surface area contributed by atoms with Crippen LogP contribution in [0.15, 0.2) is 11.1 Å². The van der Waals surface area contributed by atoms with Crippen molar-refractivity contribution >= 4 is 11.5 Å². The maximum Gasteiger partial charge on any atom is 0.276 e. The number of aromatic amines is 1. The van der Waals surface area contributed by atoms with Gasteiger partial charge in [0.2, 0.25) is 0 Å². The van der Waals surface area contributed by atoms with E-state index in [0.717, 1.165) is 19.3 Å². The highest BCUT2D eigenvalue weighted by Gasteiger charge is 2.09. The van der Waals surface area contributed by atoms with Gasteiger partial charge in [-0.3, -0.25) is 4.79 Å². The maximum atomic E-state index is 11.2. The molecule has 1 unspecified atom stereocenters. The Labute approximate surface area is 89.1 Å². The molecule has 0 aliphatic carbocycles. The van der Waals surface area contributed by atoms with Crippen molar-refractivity contribution in [1.82, 2.24) is 9.97 Å². The van der Waals surface area contributed by atoms with Crippen molar-refractivity contribution in [3.63, 3.8) is 0 Å². The van der Waals surface area contributed by atoms with Gasteiger partial charge in [0.1, 0.15) is 5.69 Å². The molecule has 0 bridgehead atoms. The number of H-pyrrole nitrogens is 1. The minimum absolute atomic E-state index is 0.159. The van der Waals surface area contributed by atoms with Gasteiger partial charge in [0.25, 0.3) is 5.56 Å². The molecule has 0 amide bonds. The van der Waals surface area contributed by atoms with Gasteiger partial charge >= 0.3 is 0 Å². The minimum atomic E-state index is -0.293. The molecule has 4 N–H and O–H groups in total. The Kier molecular flexibility index (Phi) is 4.15. The minimum Gasteiger partial charge on any atom is -0.391 e. The first-order valence-electron chi connectivity index (χ1n) is 5.28. The summed E-state index contributed by atoms with van der Waals surface area (Å²) in [5, 5.41) is 3.18. The number of rotatable bonds is 5. The lowest BCUT2D eigenvalue weighted by Gasteiger charge is -2.17. The van der Waals surface area contributed by atoms with Gasteiger partial charge in [-0.15, -0.1) is 0 Å². The number of nitrogens with two attached hydrogens (primary N) is 1. The molecule has 5 nitrogen and oxygen atoms in total. The fourth-order valence-corrected chi connectivity index (χ4v) is 1.45. The van der Waals surface area contributed by atoms with E-state index in [1.165, 1.54) is 6.33 Å². The summed E-state index contributed by atoms with van der Waals surface area (Å²) >= 11 is 0. The van der Waals surface area contributed by atoms with Crippen molar-refractivity contribution in [2.75, 3.05) is 11.1 Å². The standard InChI is InChI=1S/C10H18N4O/c1-3-5-7(4-2)14-9-8(11)10(15)13-6-12-9/h6-7H,3-5,11H2,1-2H3,(H2,12,13,14,15). The van der Waals surface area contributed by atoms with E-state index >= 15 is 0 Å². The molecule has 1 aromatic rings. The second-order valence-electron chi connectivity index (χ2n) is 3.53. The Morgan fingerprint density at radius 1 is 1.60 bits per heavy atom. The number of hydrogen-bond acceptors (Lipinski definition) is 4. The molecule has 5 heteroatoms. The van der Waals surface area contributed by atoms with Crippen LogP contribution in [0.5, 0.6) is 0 Å². The molecule has 1 atom stereocenters. The SMILES string of the molecule is CCCC(CC)Nc1nc[nH]c(=O)c1N. The average Bonchev–Trinajstić information content (AvgIpc) is 2.24. The van der Waals surface area contributed by atoms with Crippen molar-refractivity contribution < 1.29 is 0 Å². The van der Waals surface area contributed by atoms with Crippen LogP contribution in [0, 0.1) is 0 Å². The summed E-state index contributed by atoms with van der Waals surface area (Å²) in [6.45, 7) is 4.22. The lowest BCUT2D eigenvalue weighted by Crippen LogP contribution is -2.23. The molecule has 1 heterocycles. The van der Waals surface area contributed by atoms with Gasteiger partial charge in [0, 0.05) is 6.04 Å². The molecule has 1 aromatic heterocycles. The number of hydrogen-bond donors (Lipinski definition) is 3. The number of anilines is 2. The summed E-state index contributed by atoms with van der Waals surface area (Å²) in [5.41, 5.74) is 5.48. The Bertz CT molecular complexity index is 361. The van der Waals surface area contributed by atoms with Gasteiger partial charge in [-0.25, -0.2) is 4.98 Å². The van der Waals surface area contributed by atoms with Crippen LogP contribution < -0.4 is 16.6 Å². The van der Waals surface area contributed by atoms with Crippen LogP contribution in [0.2, 0.25) is 0 Å². The van der Waals surface area contributed by atoms with Crippen LogP contribution in [0.3, 0.4) is 0 Å². The Hall–Kier alpha value is -1.52. The van der Waals surface area contributed by atoms with Crippen LogP contribution in [0.25, 0.3) is 0 Å². The van der Waals surface area contributed by atoms with E-state index in [1.807, 2.05) is 0 Å². The fraction of sp³-hybridized carbons (Fsp3) is 0.600. The summed E-state index contributed by atoms with van der Waals surface area (Å²) < 4.78 is 0. The molecule has 84 valence electrons. The predicted octanol–water partition coefficient (Wildman–Crippen LogP) is 1.34. The largest absolute Gasteiger partial charge is 0.391 e. The van der Waals surface area contributed by atoms with Gasteiger partial charge in [0.15, 0.2) is 5.82 Å². The molecular formula is C10H18N4O. The topological polar surface area (TPSA) is 83.8 Å². The van der Waals surface area contributed by atoms with Crippen molar-refractivity contribution in [3.05, 3.63) is 16.7 Å². The van der Waals surface area contributed by atoms with E-state index in [2.05, 4.69) is 29.1 Å². The van der Waals surface area contributed by atoms with Gasteiger partial charge in [-0.05, 0) is 12.8 Å². The van der Waals surface area contributed by atoms with Gasteiger partial charge in [-0.1, -0.05) is 20.3 Å². The number of aromatic nitrogens is 2. The van der Waals surface area contributed by atoms with Crippen LogP contribution in [0.4, 0.5) is 11.5 Å². The van der Waals surface area contributed by atoms with Crippen LogP contribution in [0.1, 0.15) is 33.1 Å². The molecule has 0 fully saturated rings. The van der Waals surface area contributed by atoms with Crippen molar-refractivity contribution in [1.29, 1.82) is 0 Å². The molecule has 0 saturated heterocycles. The van der Waals surface area contributed by atoms with Crippen LogP contribution in [-0.2, 0) is 0 Å². The highest BCUT2D eigenvalue weighted by atomic mass is 16.1. The van der Waals surface area contributed by atoms with E-state index in [1.54, 1.807) is 0 Å². The number of nitrogen functional groups attached to an aromatic ring is 1. The second-order valence-corrected chi connectivity index (χ2v) is 3.53. The zero-order valence-corrected chi connectivity index (χ0v) is 9.21. The van der Waals surface area contributed by atoms with Gasteiger partial charge in [-0.2, -0.15) is 0 Å². The first-order valence-corrected chi connectivity index (χ1v) is 5.28. The monoisotopic (exact) mass is 210 g/mol. The normalized spacial score (nSPS) is 12.4. The van der Waals surface area contributed by atoms with Gasteiger partial charge < -0.3 is 16.0 Å². The Morgan fingerprint density at radius 3 is 2.93 bits per heavy atom. The summed E-state index contributed by atoms with van der Waals surface area (Å²) in [6, 6.07) is 0.326. The number of nitrogens with one attached hydrogen (secondary N) is 2. The lowest BCUT2D eigenvalue weighted by molar-refractivity contribution is 0.620. The zero-order valence-electron chi connectivity index (χ0n) is 9.21. The van der Waals surface area contributed by atoms with E-state index in [9.17, 15) is 4.79 Å². The quantitative estimate of drug-likeness (QED) is 0.684. The predicted molar refractivity (Wildman–Crippen MR) is 61.9 cm³/mol.